The first-order valence-electron chi connectivity index (χ1n) is 7.78. The monoisotopic (exact) mass is 313 g/mol. The van der Waals surface area contributed by atoms with E-state index in [1.165, 1.54) is 0 Å². The van der Waals surface area contributed by atoms with Crippen LogP contribution in [0.3, 0.4) is 0 Å². The number of H-pyrrole nitrogens is 1. The Labute approximate surface area is 133 Å². The summed E-state index contributed by atoms with van der Waals surface area (Å²) in [6.45, 7) is 1.66. The number of piperidine rings is 1. The Hall–Kier alpha value is -2.48. The first kappa shape index (κ1) is 14.1. The largest absolute Gasteiger partial charge is 0.385 e. The number of nitrogens with one attached hydrogen (secondary N) is 1. The highest BCUT2D eigenvalue weighted by atomic mass is 16.3. The maximum atomic E-state index is 10.7. The molecule has 2 N–H and O–H groups in total. The fraction of sp³-hybridized carbons (Fsp3) is 0.467. The van der Waals surface area contributed by atoms with Crippen molar-refractivity contribution >= 4 is 16.9 Å². The average Bonchev–Trinajstić information content (AvgIpc) is 3.22. The van der Waals surface area contributed by atoms with Gasteiger partial charge in [0.05, 0.1) is 11.6 Å². The summed E-state index contributed by atoms with van der Waals surface area (Å²) in [4.78, 5) is 15.1. The van der Waals surface area contributed by atoms with E-state index in [-0.39, 0.29) is 5.92 Å². The molecule has 0 radical (unpaired) electrons. The van der Waals surface area contributed by atoms with E-state index in [0.29, 0.717) is 5.82 Å². The predicted molar refractivity (Wildman–Crippen MR) is 84.8 cm³/mol. The summed E-state index contributed by atoms with van der Waals surface area (Å²) in [7, 11) is 1.91. The molecule has 4 rings (SSSR count). The minimum Gasteiger partial charge on any atom is -0.385 e. The summed E-state index contributed by atoms with van der Waals surface area (Å²) in [5.74, 6) is 1.72. The molecule has 0 spiro atoms. The molecular formula is C15H19N7O. The molecule has 4 heterocycles. The van der Waals surface area contributed by atoms with Crippen LogP contribution in [0, 0.1) is 5.92 Å². The number of aromatic amines is 1. The van der Waals surface area contributed by atoms with Crippen LogP contribution in [0.5, 0.6) is 0 Å². The number of nitrogens with zero attached hydrogens (tertiary/aromatic N) is 6. The molecule has 3 aromatic heterocycles. The second kappa shape index (κ2) is 5.62. The molecule has 0 amide bonds. The number of fused-ring (bicyclic) bond motifs is 1. The van der Waals surface area contributed by atoms with Gasteiger partial charge in [-0.25, -0.2) is 15.0 Å². The number of hydrogen-bond donors (Lipinski definition) is 2. The summed E-state index contributed by atoms with van der Waals surface area (Å²) < 4.78 is 1.88. The molecule has 0 saturated carbocycles. The third kappa shape index (κ3) is 2.44. The van der Waals surface area contributed by atoms with Crippen LogP contribution < -0.4 is 4.90 Å². The zero-order chi connectivity index (χ0) is 15.8. The van der Waals surface area contributed by atoms with Gasteiger partial charge in [0.25, 0.3) is 0 Å². The third-order valence-electron chi connectivity index (χ3n) is 4.55. The Morgan fingerprint density at radius 2 is 2.26 bits per heavy atom. The maximum Gasteiger partial charge on any atom is 0.160 e. The fourth-order valence-corrected chi connectivity index (χ4v) is 3.34. The minimum absolute atomic E-state index is 0.127. The van der Waals surface area contributed by atoms with Crippen LogP contribution in [-0.4, -0.2) is 47.9 Å². The number of aliphatic hydroxyl groups is 1. The second-order valence-corrected chi connectivity index (χ2v) is 6.02. The molecule has 8 nitrogen and oxygen atoms in total. The molecule has 3 aromatic rings. The Morgan fingerprint density at radius 3 is 3.09 bits per heavy atom. The molecule has 2 unspecified atom stereocenters. The molecule has 1 aliphatic rings. The number of aromatic nitrogens is 6. The zero-order valence-corrected chi connectivity index (χ0v) is 12.9. The van der Waals surface area contributed by atoms with Gasteiger partial charge in [-0.15, -0.1) is 0 Å². The summed E-state index contributed by atoms with van der Waals surface area (Å²) in [5, 5.41) is 18.5. The van der Waals surface area contributed by atoms with Crippen LogP contribution in [0.2, 0.25) is 0 Å². The van der Waals surface area contributed by atoms with Crippen molar-refractivity contribution in [2.75, 3.05) is 18.0 Å². The molecule has 1 saturated heterocycles. The number of imidazole rings is 1. The van der Waals surface area contributed by atoms with Gasteiger partial charge in [0.1, 0.15) is 24.1 Å². The Balaban J connectivity index is 1.60. The maximum absolute atomic E-state index is 10.7. The van der Waals surface area contributed by atoms with Gasteiger partial charge in [-0.2, -0.15) is 5.10 Å². The van der Waals surface area contributed by atoms with Crippen molar-refractivity contribution in [3.63, 3.8) is 0 Å². The molecule has 0 aliphatic carbocycles. The van der Waals surface area contributed by atoms with Crippen molar-refractivity contribution < 1.29 is 5.11 Å². The van der Waals surface area contributed by atoms with Crippen molar-refractivity contribution in [3.8, 4) is 0 Å². The van der Waals surface area contributed by atoms with Crippen molar-refractivity contribution in [2.45, 2.75) is 18.9 Å². The lowest BCUT2D eigenvalue weighted by Crippen LogP contribution is -2.39. The number of anilines is 1. The molecule has 120 valence electrons. The smallest absolute Gasteiger partial charge is 0.160 e. The van der Waals surface area contributed by atoms with Gasteiger partial charge >= 0.3 is 0 Å². The normalized spacial score (nSPS) is 20.1. The van der Waals surface area contributed by atoms with Crippen LogP contribution >= 0.6 is 0 Å². The van der Waals surface area contributed by atoms with Crippen LogP contribution in [0.25, 0.3) is 11.0 Å². The number of hydrogen-bond acceptors (Lipinski definition) is 6. The SMILES string of the molecule is Cn1ccnc1C(O)C1CCCN(c2ncnc3[nH]ncc23)C1. The van der Waals surface area contributed by atoms with Crippen molar-refractivity contribution in [1.82, 2.24) is 29.7 Å². The van der Waals surface area contributed by atoms with E-state index in [1.807, 2.05) is 17.8 Å². The van der Waals surface area contributed by atoms with Crippen molar-refractivity contribution in [2.24, 2.45) is 13.0 Å². The quantitative estimate of drug-likeness (QED) is 0.750. The van der Waals surface area contributed by atoms with Gasteiger partial charge in [0, 0.05) is 38.4 Å². The number of aryl methyl sites for hydroxylation is 1. The summed E-state index contributed by atoms with van der Waals surface area (Å²) in [6, 6.07) is 0. The lowest BCUT2D eigenvalue weighted by molar-refractivity contribution is 0.0874. The molecule has 1 fully saturated rings. The van der Waals surface area contributed by atoms with Crippen LogP contribution in [-0.2, 0) is 7.05 Å². The van der Waals surface area contributed by atoms with Gasteiger partial charge in [-0.05, 0) is 12.8 Å². The molecule has 2 atom stereocenters. The van der Waals surface area contributed by atoms with Gasteiger partial charge in [0.2, 0.25) is 0 Å². The Kier molecular flexibility index (Phi) is 3.45. The van der Waals surface area contributed by atoms with Crippen LogP contribution in [0.15, 0.2) is 24.9 Å². The summed E-state index contributed by atoms with van der Waals surface area (Å²) in [6.07, 6.45) is 8.30. The fourth-order valence-electron chi connectivity index (χ4n) is 3.34. The molecule has 0 aromatic carbocycles. The lowest BCUT2D eigenvalue weighted by atomic mass is 9.92. The molecular weight excluding hydrogens is 294 g/mol. The second-order valence-electron chi connectivity index (χ2n) is 6.02. The van der Waals surface area contributed by atoms with Gasteiger partial charge < -0.3 is 14.6 Å². The van der Waals surface area contributed by atoms with Gasteiger partial charge in [-0.1, -0.05) is 0 Å². The highest BCUT2D eigenvalue weighted by molar-refractivity contribution is 5.86. The van der Waals surface area contributed by atoms with Crippen LogP contribution in [0.4, 0.5) is 5.82 Å². The number of rotatable bonds is 3. The Bertz CT molecular complexity index is 811. The average molecular weight is 313 g/mol. The number of aliphatic hydroxyl groups excluding tert-OH is 1. The molecule has 0 bridgehead atoms. The Morgan fingerprint density at radius 1 is 1.35 bits per heavy atom. The topological polar surface area (TPSA) is 95.7 Å². The van der Waals surface area contributed by atoms with E-state index < -0.39 is 6.10 Å². The van der Waals surface area contributed by atoms with E-state index in [9.17, 15) is 5.11 Å². The van der Waals surface area contributed by atoms with Crippen molar-refractivity contribution in [1.29, 1.82) is 0 Å². The standard InChI is InChI=1S/C15H19N7O/c1-21-6-4-16-15(21)12(23)10-3-2-5-22(8-10)14-11-7-19-20-13(11)17-9-18-14/h4,6-7,9-10,12,23H,2-3,5,8H2,1H3,(H,17,18,19,20). The van der Waals surface area contributed by atoms with Crippen molar-refractivity contribution in [3.05, 3.63) is 30.7 Å². The molecule has 1 aliphatic heterocycles. The summed E-state index contributed by atoms with van der Waals surface area (Å²) >= 11 is 0. The first-order chi connectivity index (χ1) is 11.2. The van der Waals surface area contributed by atoms with E-state index >= 15 is 0 Å². The van der Waals surface area contributed by atoms with E-state index in [2.05, 4.69) is 30.0 Å². The zero-order valence-electron chi connectivity index (χ0n) is 12.9. The predicted octanol–water partition coefficient (Wildman–Crippen LogP) is 1.04. The molecule has 8 heteroatoms. The highest BCUT2D eigenvalue weighted by Gasteiger charge is 2.30. The van der Waals surface area contributed by atoms with E-state index in [4.69, 9.17) is 0 Å². The van der Waals surface area contributed by atoms with Gasteiger partial charge in [0.15, 0.2) is 5.65 Å². The minimum atomic E-state index is -0.570. The van der Waals surface area contributed by atoms with Gasteiger partial charge in [-0.3, -0.25) is 5.10 Å². The van der Waals surface area contributed by atoms with E-state index in [1.54, 1.807) is 18.7 Å². The third-order valence-corrected chi connectivity index (χ3v) is 4.55. The van der Waals surface area contributed by atoms with Crippen LogP contribution in [0.1, 0.15) is 24.8 Å². The molecule has 23 heavy (non-hydrogen) atoms. The first-order valence-corrected chi connectivity index (χ1v) is 7.78. The van der Waals surface area contributed by atoms with E-state index in [0.717, 1.165) is 42.8 Å². The highest BCUT2D eigenvalue weighted by Crippen LogP contribution is 2.32. The lowest BCUT2D eigenvalue weighted by Gasteiger charge is -2.35. The summed E-state index contributed by atoms with van der Waals surface area (Å²) in [5.41, 5.74) is 0.738.